The summed E-state index contributed by atoms with van der Waals surface area (Å²) in [6.07, 6.45) is 0. The molecule has 27 heavy (non-hydrogen) atoms. The van der Waals surface area contributed by atoms with Crippen molar-refractivity contribution < 1.29 is 23.7 Å². The molecule has 2 N–H and O–H groups in total. The van der Waals surface area contributed by atoms with Gasteiger partial charge in [0, 0.05) is 12.1 Å². The number of thiocarbonyl (C=S) groups is 1. The molecule has 2 rings (SSSR count). The Balaban J connectivity index is 2.23. The third-order valence-corrected chi connectivity index (χ3v) is 4.10. The van der Waals surface area contributed by atoms with Gasteiger partial charge >= 0.3 is 0 Å². The van der Waals surface area contributed by atoms with E-state index in [4.69, 9.17) is 42.8 Å². The summed E-state index contributed by atoms with van der Waals surface area (Å²) < 4.78 is 20.9. The molecule has 144 valence electrons. The van der Waals surface area contributed by atoms with Gasteiger partial charge in [-0.2, -0.15) is 0 Å². The summed E-state index contributed by atoms with van der Waals surface area (Å²) in [5.74, 6) is 1.11. The maximum Gasteiger partial charge on any atom is 0.264 e. The Morgan fingerprint density at radius 3 is 2.00 bits per heavy atom. The minimum atomic E-state index is -0.485. The van der Waals surface area contributed by atoms with E-state index in [1.807, 2.05) is 0 Å². The smallest absolute Gasteiger partial charge is 0.264 e. The third-order valence-electron chi connectivity index (χ3n) is 3.60. The van der Waals surface area contributed by atoms with Crippen molar-refractivity contribution in [2.45, 2.75) is 0 Å². The van der Waals surface area contributed by atoms with Crippen molar-refractivity contribution in [1.82, 2.24) is 5.32 Å². The van der Waals surface area contributed by atoms with Gasteiger partial charge in [-0.25, -0.2) is 0 Å². The summed E-state index contributed by atoms with van der Waals surface area (Å²) in [5.41, 5.74) is 0.711. The van der Waals surface area contributed by atoms with Gasteiger partial charge < -0.3 is 24.3 Å². The SMILES string of the molecule is COc1cc(NC(=S)NC(=O)c2c(OC)cccc2OC)c(OC)cc1Cl. The first-order valence-corrected chi connectivity index (χ1v) is 8.48. The number of ether oxygens (including phenoxy) is 4. The summed E-state index contributed by atoms with van der Waals surface area (Å²) in [6, 6.07) is 8.22. The molecule has 2 aromatic rings. The Morgan fingerprint density at radius 1 is 0.926 bits per heavy atom. The van der Waals surface area contributed by atoms with E-state index in [1.54, 1.807) is 30.3 Å². The molecule has 1 amide bonds. The van der Waals surface area contributed by atoms with Gasteiger partial charge in [-0.3, -0.25) is 10.1 Å². The number of nitrogens with one attached hydrogen (secondary N) is 2. The van der Waals surface area contributed by atoms with Gasteiger partial charge in [-0.1, -0.05) is 17.7 Å². The Labute approximate surface area is 167 Å². The van der Waals surface area contributed by atoms with Crippen molar-refractivity contribution in [3.05, 3.63) is 40.9 Å². The molecule has 0 aliphatic rings. The van der Waals surface area contributed by atoms with Crippen LogP contribution in [0.25, 0.3) is 0 Å². The number of benzene rings is 2. The van der Waals surface area contributed by atoms with Crippen molar-refractivity contribution >= 4 is 40.5 Å². The quantitative estimate of drug-likeness (QED) is 0.705. The minimum Gasteiger partial charge on any atom is -0.496 e. The number of halogens is 1. The zero-order valence-electron chi connectivity index (χ0n) is 15.2. The molecule has 0 fully saturated rings. The van der Waals surface area contributed by atoms with Gasteiger partial charge in [0.1, 0.15) is 28.6 Å². The first kappa shape index (κ1) is 20.6. The van der Waals surface area contributed by atoms with Crippen LogP contribution in [0.3, 0.4) is 0 Å². The Morgan fingerprint density at radius 2 is 1.48 bits per heavy atom. The molecule has 9 heteroatoms. The molecule has 0 unspecified atom stereocenters. The molecule has 0 aromatic heterocycles. The van der Waals surface area contributed by atoms with Gasteiger partial charge in [0.25, 0.3) is 5.91 Å². The van der Waals surface area contributed by atoms with E-state index in [2.05, 4.69) is 10.6 Å². The molecule has 0 aliphatic heterocycles. The summed E-state index contributed by atoms with van der Waals surface area (Å²) in [5, 5.41) is 5.92. The summed E-state index contributed by atoms with van der Waals surface area (Å²) in [7, 11) is 5.91. The number of methoxy groups -OCH3 is 4. The predicted octanol–water partition coefficient (Wildman–Crippen LogP) is 3.50. The number of rotatable bonds is 6. The topological polar surface area (TPSA) is 78.1 Å². The normalized spacial score (nSPS) is 9.96. The van der Waals surface area contributed by atoms with Crippen LogP contribution in [0.5, 0.6) is 23.0 Å². The van der Waals surface area contributed by atoms with Gasteiger partial charge in [-0.15, -0.1) is 0 Å². The molecule has 2 aromatic carbocycles. The van der Waals surface area contributed by atoms with Crippen LogP contribution in [0, 0.1) is 0 Å². The second kappa shape index (κ2) is 9.29. The van der Waals surface area contributed by atoms with E-state index in [-0.39, 0.29) is 10.7 Å². The summed E-state index contributed by atoms with van der Waals surface area (Å²) in [4.78, 5) is 12.7. The van der Waals surface area contributed by atoms with Crippen LogP contribution in [0.4, 0.5) is 5.69 Å². The molecule has 0 saturated heterocycles. The lowest BCUT2D eigenvalue weighted by atomic mass is 10.1. The summed E-state index contributed by atoms with van der Waals surface area (Å²) >= 11 is 11.3. The maximum atomic E-state index is 12.7. The first-order chi connectivity index (χ1) is 12.9. The van der Waals surface area contributed by atoms with Crippen molar-refractivity contribution in [2.24, 2.45) is 0 Å². The number of anilines is 1. The van der Waals surface area contributed by atoms with Gasteiger partial charge in [0.15, 0.2) is 5.11 Å². The van der Waals surface area contributed by atoms with Crippen molar-refractivity contribution in [2.75, 3.05) is 33.8 Å². The van der Waals surface area contributed by atoms with E-state index >= 15 is 0 Å². The lowest BCUT2D eigenvalue weighted by Crippen LogP contribution is -2.34. The van der Waals surface area contributed by atoms with Gasteiger partial charge in [0.05, 0.1) is 39.1 Å². The van der Waals surface area contributed by atoms with E-state index in [0.29, 0.717) is 33.7 Å². The number of hydrogen-bond donors (Lipinski definition) is 2. The average Bonchev–Trinajstić information content (AvgIpc) is 2.67. The standard InChI is InChI=1S/C18H19ClN2O5S/c1-23-12-6-5-7-13(24-2)16(12)17(22)21-18(27)20-11-9-14(25-3)10(19)8-15(11)26-4/h5-9H,1-4H3,(H2,20,21,22,27). The molecular formula is C18H19ClN2O5S. The number of hydrogen-bond acceptors (Lipinski definition) is 6. The largest absolute Gasteiger partial charge is 0.496 e. The van der Waals surface area contributed by atoms with Gasteiger partial charge in [0.2, 0.25) is 0 Å². The van der Waals surface area contributed by atoms with E-state index in [9.17, 15) is 4.79 Å². The van der Waals surface area contributed by atoms with Crippen LogP contribution in [-0.2, 0) is 0 Å². The van der Waals surface area contributed by atoms with E-state index < -0.39 is 5.91 Å². The highest BCUT2D eigenvalue weighted by molar-refractivity contribution is 7.80. The molecule has 0 atom stereocenters. The highest BCUT2D eigenvalue weighted by atomic mass is 35.5. The summed E-state index contributed by atoms with van der Waals surface area (Å²) in [6.45, 7) is 0. The van der Waals surface area contributed by atoms with Crippen molar-refractivity contribution in [3.8, 4) is 23.0 Å². The van der Waals surface area contributed by atoms with Crippen LogP contribution in [0.15, 0.2) is 30.3 Å². The van der Waals surface area contributed by atoms with Crippen LogP contribution in [-0.4, -0.2) is 39.5 Å². The molecule has 0 bridgehead atoms. The maximum absolute atomic E-state index is 12.7. The minimum absolute atomic E-state index is 0.0515. The Kier molecular flexibility index (Phi) is 7.09. The first-order valence-electron chi connectivity index (χ1n) is 7.70. The second-order valence-corrected chi connectivity index (χ2v) is 5.95. The molecule has 0 heterocycles. The van der Waals surface area contributed by atoms with Crippen LogP contribution in [0.1, 0.15) is 10.4 Å². The monoisotopic (exact) mass is 410 g/mol. The highest BCUT2D eigenvalue weighted by Gasteiger charge is 2.20. The third kappa shape index (κ3) is 4.72. The lowest BCUT2D eigenvalue weighted by Gasteiger charge is -2.16. The zero-order chi connectivity index (χ0) is 20.0. The zero-order valence-corrected chi connectivity index (χ0v) is 16.8. The highest BCUT2D eigenvalue weighted by Crippen LogP contribution is 2.36. The lowest BCUT2D eigenvalue weighted by molar-refractivity contribution is 0.0971. The number of amides is 1. The van der Waals surface area contributed by atoms with E-state index in [0.717, 1.165) is 0 Å². The van der Waals surface area contributed by atoms with Crippen LogP contribution >= 0.6 is 23.8 Å². The molecule has 0 radical (unpaired) electrons. The molecule has 0 saturated carbocycles. The predicted molar refractivity (Wildman–Crippen MR) is 108 cm³/mol. The molecule has 0 aliphatic carbocycles. The average molecular weight is 411 g/mol. The Bertz CT molecular complexity index is 838. The number of carbonyl (C=O) groups is 1. The Hall–Kier alpha value is -2.71. The second-order valence-electron chi connectivity index (χ2n) is 5.13. The van der Waals surface area contributed by atoms with Gasteiger partial charge in [-0.05, 0) is 24.4 Å². The fourth-order valence-electron chi connectivity index (χ4n) is 2.35. The van der Waals surface area contributed by atoms with Crippen LogP contribution in [0.2, 0.25) is 5.02 Å². The van der Waals surface area contributed by atoms with E-state index in [1.165, 1.54) is 28.4 Å². The fourth-order valence-corrected chi connectivity index (χ4v) is 2.79. The van der Waals surface area contributed by atoms with Crippen molar-refractivity contribution in [1.29, 1.82) is 0 Å². The fraction of sp³-hybridized carbons (Fsp3) is 0.222. The van der Waals surface area contributed by atoms with Crippen molar-refractivity contribution in [3.63, 3.8) is 0 Å². The number of carbonyl (C=O) groups excluding carboxylic acids is 1. The molecule has 7 nitrogen and oxygen atoms in total. The van der Waals surface area contributed by atoms with Crippen LogP contribution < -0.4 is 29.6 Å². The molecule has 0 spiro atoms. The molecular weight excluding hydrogens is 392 g/mol.